The van der Waals surface area contributed by atoms with E-state index in [0.29, 0.717) is 12.1 Å². The van der Waals surface area contributed by atoms with Gasteiger partial charge in [0.15, 0.2) is 0 Å². The fourth-order valence-corrected chi connectivity index (χ4v) is 2.75. The van der Waals surface area contributed by atoms with Crippen molar-refractivity contribution >= 4 is 0 Å². The smallest absolute Gasteiger partial charge is 0.0107 e. The molecule has 1 aliphatic rings. The predicted molar refractivity (Wildman–Crippen MR) is 88.4 cm³/mol. The standard InChI is InChI=1S/C16H36N4/c1-5-19-11-7-15(3)18-10-14-20(6-2)12-8-16(4)17-9-13-19/h15-18H,5-14H2,1-4H3. The van der Waals surface area contributed by atoms with Gasteiger partial charge in [0.2, 0.25) is 0 Å². The van der Waals surface area contributed by atoms with Crippen LogP contribution >= 0.6 is 0 Å². The van der Waals surface area contributed by atoms with Gasteiger partial charge in [-0.25, -0.2) is 0 Å². The molecule has 1 rings (SSSR count). The molecule has 0 saturated carbocycles. The van der Waals surface area contributed by atoms with E-state index in [1.54, 1.807) is 0 Å². The van der Waals surface area contributed by atoms with Crippen LogP contribution in [0.4, 0.5) is 0 Å². The first-order valence-electron chi connectivity index (χ1n) is 8.57. The molecule has 4 heteroatoms. The van der Waals surface area contributed by atoms with Crippen molar-refractivity contribution in [1.29, 1.82) is 0 Å². The van der Waals surface area contributed by atoms with Crippen molar-refractivity contribution in [1.82, 2.24) is 20.4 Å². The quantitative estimate of drug-likeness (QED) is 0.802. The summed E-state index contributed by atoms with van der Waals surface area (Å²) in [4.78, 5) is 5.12. The van der Waals surface area contributed by atoms with Crippen molar-refractivity contribution in [2.75, 3.05) is 52.4 Å². The van der Waals surface area contributed by atoms with Crippen LogP contribution in [0, 0.1) is 0 Å². The van der Waals surface area contributed by atoms with Gasteiger partial charge in [-0.15, -0.1) is 0 Å². The highest BCUT2D eigenvalue weighted by Crippen LogP contribution is 2.00. The zero-order valence-corrected chi connectivity index (χ0v) is 14.1. The molecule has 0 aromatic rings. The lowest BCUT2D eigenvalue weighted by molar-refractivity contribution is 0.239. The summed E-state index contributed by atoms with van der Waals surface area (Å²) in [5.74, 6) is 0. The zero-order chi connectivity index (χ0) is 14.8. The third-order valence-electron chi connectivity index (χ3n) is 4.49. The largest absolute Gasteiger partial charge is 0.313 e. The van der Waals surface area contributed by atoms with Crippen molar-refractivity contribution in [3.8, 4) is 0 Å². The third-order valence-corrected chi connectivity index (χ3v) is 4.49. The zero-order valence-electron chi connectivity index (χ0n) is 14.1. The normalized spacial score (nSPS) is 30.0. The summed E-state index contributed by atoms with van der Waals surface area (Å²) < 4.78 is 0. The minimum atomic E-state index is 0.623. The van der Waals surface area contributed by atoms with Crippen LogP contribution in [-0.2, 0) is 0 Å². The molecule has 4 nitrogen and oxygen atoms in total. The Morgan fingerprint density at radius 1 is 0.750 bits per heavy atom. The van der Waals surface area contributed by atoms with Gasteiger partial charge in [0.25, 0.3) is 0 Å². The first kappa shape index (κ1) is 17.9. The van der Waals surface area contributed by atoms with Gasteiger partial charge in [0.05, 0.1) is 0 Å². The lowest BCUT2D eigenvalue weighted by Crippen LogP contribution is -2.42. The van der Waals surface area contributed by atoms with Gasteiger partial charge >= 0.3 is 0 Å². The predicted octanol–water partition coefficient (Wildman–Crippen LogP) is 1.38. The molecule has 0 radical (unpaired) electrons. The number of hydrogen-bond acceptors (Lipinski definition) is 4. The topological polar surface area (TPSA) is 30.5 Å². The Morgan fingerprint density at radius 3 is 1.50 bits per heavy atom. The highest BCUT2D eigenvalue weighted by atomic mass is 15.2. The number of likely N-dealkylation sites (N-methyl/N-ethyl adjacent to an activating group) is 2. The van der Waals surface area contributed by atoms with E-state index in [4.69, 9.17) is 0 Å². The van der Waals surface area contributed by atoms with Gasteiger partial charge in [0.1, 0.15) is 0 Å². The van der Waals surface area contributed by atoms with Crippen LogP contribution in [0.5, 0.6) is 0 Å². The van der Waals surface area contributed by atoms with Crippen LogP contribution in [0.15, 0.2) is 0 Å². The molecule has 2 unspecified atom stereocenters. The molecule has 0 aliphatic carbocycles. The average Bonchev–Trinajstić information content (AvgIpc) is 2.45. The second-order valence-electron chi connectivity index (χ2n) is 6.16. The summed E-state index contributed by atoms with van der Waals surface area (Å²) in [5.41, 5.74) is 0. The van der Waals surface area contributed by atoms with Crippen LogP contribution in [-0.4, -0.2) is 74.2 Å². The lowest BCUT2D eigenvalue weighted by Gasteiger charge is -2.27. The molecule has 0 aromatic carbocycles. The van der Waals surface area contributed by atoms with Crippen LogP contribution in [0.25, 0.3) is 0 Å². The summed E-state index contributed by atoms with van der Waals surface area (Å²) >= 11 is 0. The van der Waals surface area contributed by atoms with Crippen LogP contribution in [0.1, 0.15) is 40.5 Å². The Labute approximate surface area is 126 Å². The molecular weight excluding hydrogens is 248 g/mol. The van der Waals surface area contributed by atoms with E-state index in [-0.39, 0.29) is 0 Å². The summed E-state index contributed by atoms with van der Waals surface area (Å²) in [6.07, 6.45) is 2.49. The molecule has 120 valence electrons. The lowest BCUT2D eigenvalue weighted by atomic mass is 10.2. The molecule has 1 fully saturated rings. The van der Waals surface area contributed by atoms with Gasteiger partial charge in [-0.3, -0.25) is 0 Å². The Kier molecular flexibility index (Phi) is 9.44. The Morgan fingerprint density at radius 2 is 1.15 bits per heavy atom. The molecule has 2 N–H and O–H groups in total. The van der Waals surface area contributed by atoms with Crippen LogP contribution < -0.4 is 10.6 Å². The summed E-state index contributed by atoms with van der Waals surface area (Å²) in [6.45, 7) is 18.5. The molecule has 0 amide bonds. The average molecular weight is 284 g/mol. The van der Waals surface area contributed by atoms with Crippen molar-refractivity contribution in [3.05, 3.63) is 0 Å². The molecule has 0 aromatic heterocycles. The second kappa shape index (κ2) is 10.6. The maximum atomic E-state index is 3.67. The van der Waals surface area contributed by atoms with E-state index in [2.05, 4.69) is 48.1 Å². The second-order valence-corrected chi connectivity index (χ2v) is 6.16. The fourth-order valence-electron chi connectivity index (χ4n) is 2.75. The highest BCUT2D eigenvalue weighted by Gasteiger charge is 2.10. The third kappa shape index (κ3) is 7.58. The molecule has 0 spiro atoms. The van der Waals surface area contributed by atoms with Crippen LogP contribution in [0.2, 0.25) is 0 Å². The van der Waals surface area contributed by atoms with Crippen molar-refractivity contribution in [2.24, 2.45) is 0 Å². The van der Waals surface area contributed by atoms with E-state index >= 15 is 0 Å². The van der Waals surface area contributed by atoms with E-state index < -0.39 is 0 Å². The van der Waals surface area contributed by atoms with E-state index in [0.717, 1.165) is 26.2 Å². The van der Waals surface area contributed by atoms with Crippen molar-refractivity contribution in [3.63, 3.8) is 0 Å². The maximum absolute atomic E-state index is 3.67. The van der Waals surface area contributed by atoms with Gasteiger partial charge in [-0.05, 0) is 52.9 Å². The molecule has 2 atom stereocenters. The molecule has 20 heavy (non-hydrogen) atoms. The SMILES string of the molecule is CCN1CCNC(C)CCN(CC)CCNC(C)CC1. The molecule has 1 aliphatic heterocycles. The fraction of sp³-hybridized carbons (Fsp3) is 1.00. The summed E-state index contributed by atoms with van der Waals surface area (Å²) in [6, 6.07) is 1.25. The number of nitrogens with one attached hydrogen (secondary N) is 2. The van der Waals surface area contributed by atoms with Crippen molar-refractivity contribution < 1.29 is 0 Å². The van der Waals surface area contributed by atoms with E-state index in [9.17, 15) is 0 Å². The first-order chi connectivity index (χ1) is 9.65. The minimum absolute atomic E-state index is 0.623. The van der Waals surface area contributed by atoms with E-state index in [1.807, 2.05) is 0 Å². The number of rotatable bonds is 2. The van der Waals surface area contributed by atoms with E-state index in [1.165, 1.54) is 39.0 Å². The maximum Gasteiger partial charge on any atom is 0.0107 e. The monoisotopic (exact) mass is 284 g/mol. The molecule has 0 bridgehead atoms. The highest BCUT2D eigenvalue weighted by molar-refractivity contribution is 4.71. The summed E-state index contributed by atoms with van der Waals surface area (Å²) in [5, 5.41) is 7.35. The Hall–Kier alpha value is -0.160. The van der Waals surface area contributed by atoms with Crippen molar-refractivity contribution in [2.45, 2.75) is 52.6 Å². The summed E-state index contributed by atoms with van der Waals surface area (Å²) in [7, 11) is 0. The van der Waals surface area contributed by atoms with Gasteiger partial charge in [0, 0.05) is 38.3 Å². The Balaban J connectivity index is 2.45. The number of hydrogen-bond donors (Lipinski definition) is 2. The molecular formula is C16H36N4. The number of nitrogens with zero attached hydrogens (tertiary/aromatic N) is 2. The van der Waals surface area contributed by atoms with Gasteiger partial charge < -0.3 is 20.4 Å². The first-order valence-corrected chi connectivity index (χ1v) is 8.57. The van der Waals surface area contributed by atoms with Gasteiger partial charge in [-0.1, -0.05) is 13.8 Å². The molecule has 1 heterocycles. The Bertz CT molecular complexity index is 211. The van der Waals surface area contributed by atoms with Gasteiger partial charge in [-0.2, -0.15) is 0 Å². The minimum Gasteiger partial charge on any atom is -0.313 e. The molecule has 1 saturated heterocycles. The van der Waals surface area contributed by atoms with Crippen LogP contribution in [0.3, 0.4) is 0 Å².